The summed E-state index contributed by atoms with van der Waals surface area (Å²) in [5.74, 6) is 0.623. The zero-order chi connectivity index (χ0) is 14.3. The van der Waals surface area contributed by atoms with E-state index in [4.69, 9.17) is 0 Å². The summed E-state index contributed by atoms with van der Waals surface area (Å²) in [4.78, 5) is 16.1. The normalized spacial score (nSPS) is 12.3. The molecule has 1 rings (SSSR count). The van der Waals surface area contributed by atoms with Crippen LogP contribution in [0.1, 0.15) is 50.5 Å². The average Bonchev–Trinajstić information content (AvgIpc) is 2.38. The Bertz CT molecular complexity index is 387. The molecule has 1 aromatic rings. The van der Waals surface area contributed by atoms with Gasteiger partial charge in [-0.15, -0.1) is 0 Å². The molecule has 0 radical (unpaired) electrons. The molecular formula is C15H25N3O. The summed E-state index contributed by atoms with van der Waals surface area (Å²) in [6, 6.07) is 3.78. The van der Waals surface area contributed by atoms with Crippen molar-refractivity contribution in [1.29, 1.82) is 0 Å². The van der Waals surface area contributed by atoms with Crippen LogP contribution in [0.3, 0.4) is 0 Å². The predicted octanol–water partition coefficient (Wildman–Crippen LogP) is 3.07. The molecule has 19 heavy (non-hydrogen) atoms. The van der Waals surface area contributed by atoms with E-state index in [1.807, 2.05) is 20.0 Å². The number of carbonyl (C=O) groups excluding carboxylic acids is 1. The third-order valence-corrected chi connectivity index (χ3v) is 3.08. The monoisotopic (exact) mass is 263 g/mol. The maximum absolute atomic E-state index is 12.0. The highest BCUT2D eigenvalue weighted by Gasteiger charge is 2.10. The van der Waals surface area contributed by atoms with E-state index in [2.05, 4.69) is 29.5 Å². The van der Waals surface area contributed by atoms with Crippen molar-refractivity contribution >= 4 is 11.6 Å². The first-order valence-electron chi connectivity index (χ1n) is 6.97. The molecule has 106 valence electrons. The molecule has 1 amide bonds. The van der Waals surface area contributed by atoms with Gasteiger partial charge in [0.15, 0.2) is 0 Å². The van der Waals surface area contributed by atoms with Crippen LogP contribution in [0.4, 0.5) is 5.69 Å². The Hall–Kier alpha value is -1.58. The number of anilines is 1. The number of hydrogen-bond acceptors (Lipinski definition) is 3. The van der Waals surface area contributed by atoms with E-state index in [0.717, 1.165) is 24.4 Å². The largest absolute Gasteiger partial charge is 0.387 e. The van der Waals surface area contributed by atoms with Crippen LogP contribution in [0, 0.1) is 5.92 Å². The summed E-state index contributed by atoms with van der Waals surface area (Å²) in [7, 11) is 1.83. The highest BCUT2D eigenvalue weighted by atomic mass is 16.1. The SMILES string of the molecule is CNc1ccc(C(=O)NC(C)CCCC(C)C)nc1. The standard InChI is InChI=1S/C15H25N3O/c1-11(2)6-5-7-12(3)18-15(19)14-9-8-13(16-4)10-17-14/h8-12,16H,5-7H2,1-4H3,(H,18,19). The second kappa shape index (κ2) is 7.77. The molecule has 0 saturated heterocycles. The van der Waals surface area contributed by atoms with Gasteiger partial charge in [0.2, 0.25) is 0 Å². The van der Waals surface area contributed by atoms with E-state index in [9.17, 15) is 4.79 Å². The van der Waals surface area contributed by atoms with Crippen molar-refractivity contribution < 1.29 is 4.79 Å². The fraction of sp³-hybridized carbons (Fsp3) is 0.600. The first kappa shape index (κ1) is 15.5. The Morgan fingerprint density at radius 3 is 2.53 bits per heavy atom. The Kier molecular flexibility index (Phi) is 6.33. The summed E-state index contributed by atoms with van der Waals surface area (Å²) >= 11 is 0. The number of pyridine rings is 1. The fourth-order valence-corrected chi connectivity index (χ4v) is 1.88. The first-order chi connectivity index (χ1) is 9.02. The summed E-state index contributed by atoms with van der Waals surface area (Å²) in [6.07, 6.45) is 5.03. The summed E-state index contributed by atoms with van der Waals surface area (Å²) in [6.45, 7) is 6.48. The second-order valence-electron chi connectivity index (χ2n) is 5.38. The number of aromatic nitrogens is 1. The molecule has 0 aliphatic carbocycles. The van der Waals surface area contributed by atoms with Crippen LogP contribution >= 0.6 is 0 Å². The molecule has 0 aliphatic rings. The highest BCUT2D eigenvalue weighted by molar-refractivity contribution is 5.92. The van der Waals surface area contributed by atoms with E-state index in [-0.39, 0.29) is 11.9 Å². The third kappa shape index (κ3) is 5.73. The molecule has 0 saturated carbocycles. The van der Waals surface area contributed by atoms with Crippen LogP contribution in [0.5, 0.6) is 0 Å². The summed E-state index contributed by atoms with van der Waals surface area (Å²) in [5, 5.41) is 5.96. The zero-order valence-corrected chi connectivity index (χ0v) is 12.4. The van der Waals surface area contributed by atoms with Gasteiger partial charge in [0.1, 0.15) is 5.69 Å². The van der Waals surface area contributed by atoms with Crippen molar-refractivity contribution in [3.05, 3.63) is 24.0 Å². The molecule has 1 aromatic heterocycles. The van der Waals surface area contributed by atoms with Crippen molar-refractivity contribution in [2.75, 3.05) is 12.4 Å². The van der Waals surface area contributed by atoms with Gasteiger partial charge in [0.05, 0.1) is 11.9 Å². The summed E-state index contributed by atoms with van der Waals surface area (Å²) < 4.78 is 0. The molecule has 4 nitrogen and oxygen atoms in total. The Balaban J connectivity index is 2.40. The molecule has 0 spiro atoms. The van der Waals surface area contributed by atoms with Gasteiger partial charge in [-0.25, -0.2) is 4.98 Å². The lowest BCUT2D eigenvalue weighted by molar-refractivity contribution is 0.0933. The van der Waals surface area contributed by atoms with Gasteiger partial charge in [-0.1, -0.05) is 26.7 Å². The van der Waals surface area contributed by atoms with Gasteiger partial charge in [-0.05, 0) is 31.4 Å². The van der Waals surface area contributed by atoms with Gasteiger partial charge < -0.3 is 10.6 Å². The predicted molar refractivity (Wildman–Crippen MR) is 79.4 cm³/mol. The molecule has 0 aromatic carbocycles. The summed E-state index contributed by atoms with van der Waals surface area (Å²) in [5.41, 5.74) is 1.37. The van der Waals surface area contributed by atoms with E-state index in [1.54, 1.807) is 12.3 Å². The molecule has 2 N–H and O–H groups in total. The van der Waals surface area contributed by atoms with E-state index >= 15 is 0 Å². The minimum Gasteiger partial charge on any atom is -0.387 e. The lowest BCUT2D eigenvalue weighted by atomic mass is 10.0. The Labute approximate surface area is 116 Å². The maximum Gasteiger partial charge on any atom is 0.270 e. The minimum absolute atomic E-state index is 0.0975. The van der Waals surface area contributed by atoms with E-state index in [0.29, 0.717) is 5.69 Å². The van der Waals surface area contributed by atoms with Crippen LogP contribution < -0.4 is 10.6 Å². The number of nitrogens with one attached hydrogen (secondary N) is 2. The zero-order valence-electron chi connectivity index (χ0n) is 12.4. The van der Waals surface area contributed by atoms with Gasteiger partial charge in [0.25, 0.3) is 5.91 Å². The highest BCUT2D eigenvalue weighted by Crippen LogP contribution is 2.09. The van der Waals surface area contributed by atoms with Crippen LogP contribution in [0.2, 0.25) is 0 Å². The molecule has 0 aliphatic heterocycles. The van der Waals surface area contributed by atoms with Crippen LogP contribution in [-0.4, -0.2) is 24.0 Å². The number of amides is 1. The Morgan fingerprint density at radius 1 is 1.26 bits per heavy atom. The van der Waals surface area contributed by atoms with Gasteiger partial charge in [-0.2, -0.15) is 0 Å². The van der Waals surface area contributed by atoms with Crippen LogP contribution in [0.15, 0.2) is 18.3 Å². The van der Waals surface area contributed by atoms with E-state index < -0.39 is 0 Å². The average molecular weight is 263 g/mol. The van der Waals surface area contributed by atoms with Gasteiger partial charge in [-0.3, -0.25) is 4.79 Å². The molecule has 1 atom stereocenters. The maximum atomic E-state index is 12.0. The Morgan fingerprint density at radius 2 is 2.00 bits per heavy atom. The number of rotatable bonds is 7. The van der Waals surface area contributed by atoms with Crippen molar-refractivity contribution in [3.63, 3.8) is 0 Å². The fourth-order valence-electron chi connectivity index (χ4n) is 1.88. The third-order valence-electron chi connectivity index (χ3n) is 3.08. The molecular weight excluding hydrogens is 238 g/mol. The lowest BCUT2D eigenvalue weighted by Crippen LogP contribution is -2.33. The molecule has 1 heterocycles. The number of carbonyl (C=O) groups is 1. The van der Waals surface area contributed by atoms with Gasteiger partial charge in [0, 0.05) is 13.1 Å². The molecule has 4 heteroatoms. The van der Waals surface area contributed by atoms with Crippen molar-refractivity contribution in [2.24, 2.45) is 5.92 Å². The lowest BCUT2D eigenvalue weighted by Gasteiger charge is -2.14. The number of hydrogen-bond donors (Lipinski definition) is 2. The smallest absolute Gasteiger partial charge is 0.270 e. The van der Waals surface area contributed by atoms with Crippen molar-refractivity contribution in [3.8, 4) is 0 Å². The topological polar surface area (TPSA) is 54.0 Å². The van der Waals surface area contributed by atoms with Crippen molar-refractivity contribution in [1.82, 2.24) is 10.3 Å². The number of nitrogens with zero attached hydrogens (tertiary/aromatic N) is 1. The van der Waals surface area contributed by atoms with Crippen molar-refractivity contribution in [2.45, 2.75) is 46.1 Å². The van der Waals surface area contributed by atoms with Gasteiger partial charge >= 0.3 is 0 Å². The molecule has 0 fully saturated rings. The van der Waals surface area contributed by atoms with E-state index in [1.165, 1.54) is 6.42 Å². The minimum atomic E-state index is -0.0975. The molecule has 0 bridgehead atoms. The van der Waals surface area contributed by atoms with Crippen LogP contribution in [0.25, 0.3) is 0 Å². The second-order valence-corrected chi connectivity index (χ2v) is 5.38. The first-order valence-corrected chi connectivity index (χ1v) is 6.97. The molecule has 1 unspecified atom stereocenters. The quantitative estimate of drug-likeness (QED) is 0.795. The van der Waals surface area contributed by atoms with Crippen LogP contribution in [-0.2, 0) is 0 Å².